The van der Waals surface area contributed by atoms with Crippen molar-refractivity contribution in [2.75, 3.05) is 26.2 Å². The van der Waals surface area contributed by atoms with E-state index in [-0.39, 0.29) is 24.4 Å². The van der Waals surface area contributed by atoms with E-state index in [1.165, 1.54) is 4.88 Å². The number of nitrogens with zero attached hydrogens (tertiary/aromatic N) is 2. The number of carbonyl (C=O) groups excluding carboxylic acids is 2. The van der Waals surface area contributed by atoms with Gasteiger partial charge in [0.15, 0.2) is 0 Å². The number of thiophene rings is 1. The van der Waals surface area contributed by atoms with Gasteiger partial charge in [-0.15, -0.1) is 11.3 Å². The summed E-state index contributed by atoms with van der Waals surface area (Å²) in [6.07, 6.45) is 1.60. The van der Waals surface area contributed by atoms with E-state index in [0.717, 1.165) is 29.7 Å². The molecule has 0 radical (unpaired) electrons. The molecular formula is C27H29ClN2O3S. The summed E-state index contributed by atoms with van der Waals surface area (Å²) in [5.41, 5.74) is 2.67. The monoisotopic (exact) mass is 496 g/mol. The number of benzene rings is 2. The number of ether oxygens (including phenoxy) is 1. The van der Waals surface area contributed by atoms with Crippen LogP contribution in [0.15, 0.2) is 60.0 Å². The van der Waals surface area contributed by atoms with Gasteiger partial charge in [0.25, 0.3) is 5.91 Å². The lowest BCUT2D eigenvalue weighted by Crippen LogP contribution is -2.48. The van der Waals surface area contributed by atoms with Gasteiger partial charge in [-0.25, -0.2) is 0 Å². The number of rotatable bonds is 8. The fourth-order valence-corrected chi connectivity index (χ4v) is 5.34. The Balaban J connectivity index is 1.52. The first-order chi connectivity index (χ1) is 16.5. The maximum Gasteiger partial charge on any atom is 0.254 e. The van der Waals surface area contributed by atoms with Gasteiger partial charge in [-0.05, 0) is 72.7 Å². The van der Waals surface area contributed by atoms with Gasteiger partial charge in [-0.1, -0.05) is 36.7 Å². The molecule has 0 spiro atoms. The normalized spacial score (nSPS) is 15.0. The third kappa shape index (κ3) is 5.45. The van der Waals surface area contributed by atoms with Gasteiger partial charge < -0.3 is 14.5 Å². The van der Waals surface area contributed by atoms with Crippen LogP contribution in [-0.2, 0) is 11.2 Å². The summed E-state index contributed by atoms with van der Waals surface area (Å²) in [4.78, 5) is 31.4. The van der Waals surface area contributed by atoms with Crippen LogP contribution in [0.5, 0.6) is 5.75 Å². The zero-order chi connectivity index (χ0) is 24.1. The minimum atomic E-state index is -0.200. The maximum atomic E-state index is 13.5. The first kappa shape index (κ1) is 24.3. The average Bonchev–Trinajstić information content (AvgIpc) is 3.33. The van der Waals surface area contributed by atoms with Crippen LogP contribution < -0.4 is 4.74 Å². The Kier molecular flexibility index (Phi) is 7.91. The molecule has 1 atom stereocenters. The Morgan fingerprint density at radius 1 is 1.18 bits per heavy atom. The van der Waals surface area contributed by atoms with Crippen molar-refractivity contribution in [3.05, 3.63) is 86.6 Å². The molecule has 1 aliphatic rings. The Morgan fingerprint density at radius 3 is 2.71 bits per heavy atom. The number of hydrogen-bond donors (Lipinski definition) is 0. The van der Waals surface area contributed by atoms with Crippen LogP contribution in [0, 0.1) is 6.92 Å². The molecule has 2 amide bonds. The Bertz CT molecular complexity index is 1150. The molecule has 1 aliphatic heterocycles. The van der Waals surface area contributed by atoms with Crippen LogP contribution in [0.3, 0.4) is 0 Å². The molecule has 3 aromatic rings. The van der Waals surface area contributed by atoms with Crippen LogP contribution in [0.1, 0.15) is 45.7 Å². The van der Waals surface area contributed by atoms with Crippen LogP contribution in [0.4, 0.5) is 0 Å². The summed E-state index contributed by atoms with van der Waals surface area (Å²) in [6, 6.07) is 16.6. The lowest BCUT2D eigenvalue weighted by atomic mass is 10.00. The van der Waals surface area contributed by atoms with E-state index < -0.39 is 0 Å². The molecule has 7 heteroatoms. The van der Waals surface area contributed by atoms with Crippen molar-refractivity contribution in [2.45, 2.75) is 32.7 Å². The van der Waals surface area contributed by atoms with E-state index >= 15 is 0 Å². The molecule has 0 saturated carbocycles. The smallest absolute Gasteiger partial charge is 0.254 e. The van der Waals surface area contributed by atoms with E-state index in [0.29, 0.717) is 30.3 Å². The maximum absolute atomic E-state index is 13.5. The molecular weight excluding hydrogens is 468 g/mol. The number of aryl methyl sites for hydroxylation is 1. The standard InChI is InChI=1S/C27H29ClN2O3S/c1-3-13-29(27(32)20-7-5-4-6-8-20)17-26(31)30-14-11-25-22(12-15-34-25)24(30)18-33-21-9-10-23(28)19(2)16-21/h4-10,12,15-16,24H,3,11,13-14,17-18H2,1-2H3/t24-/m1/s1. The van der Waals surface area contributed by atoms with Gasteiger partial charge >= 0.3 is 0 Å². The van der Waals surface area contributed by atoms with Crippen molar-refractivity contribution in [1.29, 1.82) is 0 Å². The second-order valence-electron chi connectivity index (χ2n) is 8.47. The predicted octanol–water partition coefficient (Wildman–Crippen LogP) is 5.77. The van der Waals surface area contributed by atoms with E-state index in [2.05, 4.69) is 11.4 Å². The van der Waals surface area contributed by atoms with Crippen LogP contribution in [-0.4, -0.2) is 47.9 Å². The van der Waals surface area contributed by atoms with Gasteiger partial charge in [-0.3, -0.25) is 9.59 Å². The Hall–Kier alpha value is -2.83. The van der Waals surface area contributed by atoms with Gasteiger partial charge in [0.2, 0.25) is 5.91 Å². The number of hydrogen-bond acceptors (Lipinski definition) is 4. The number of halogens is 1. The summed E-state index contributed by atoms with van der Waals surface area (Å²) in [5.74, 6) is 0.549. The molecule has 0 unspecified atom stereocenters. The van der Waals surface area contributed by atoms with E-state index in [1.807, 2.05) is 55.1 Å². The lowest BCUT2D eigenvalue weighted by molar-refractivity contribution is -0.135. The summed E-state index contributed by atoms with van der Waals surface area (Å²) in [6.45, 7) is 5.49. The first-order valence-corrected chi connectivity index (χ1v) is 12.8. The van der Waals surface area contributed by atoms with Gasteiger partial charge in [-0.2, -0.15) is 0 Å². The highest BCUT2D eigenvalue weighted by atomic mass is 35.5. The number of fused-ring (bicyclic) bond motifs is 1. The number of amides is 2. The molecule has 1 aromatic heterocycles. The van der Waals surface area contributed by atoms with Crippen molar-refractivity contribution >= 4 is 34.8 Å². The van der Waals surface area contributed by atoms with Gasteiger partial charge in [0.1, 0.15) is 18.9 Å². The Morgan fingerprint density at radius 2 is 1.97 bits per heavy atom. The minimum Gasteiger partial charge on any atom is -0.491 e. The van der Waals surface area contributed by atoms with Crippen molar-refractivity contribution in [3.8, 4) is 5.75 Å². The molecule has 0 saturated heterocycles. The molecule has 4 rings (SSSR count). The fraction of sp³-hybridized carbons (Fsp3) is 0.333. The number of carbonyl (C=O) groups is 2. The van der Waals surface area contributed by atoms with Crippen LogP contribution >= 0.6 is 22.9 Å². The highest BCUT2D eigenvalue weighted by molar-refractivity contribution is 7.10. The third-order valence-electron chi connectivity index (χ3n) is 6.08. The third-order valence-corrected chi connectivity index (χ3v) is 7.50. The largest absolute Gasteiger partial charge is 0.491 e. The molecule has 0 N–H and O–H groups in total. The van der Waals surface area contributed by atoms with E-state index in [9.17, 15) is 9.59 Å². The zero-order valence-corrected chi connectivity index (χ0v) is 21.1. The summed E-state index contributed by atoms with van der Waals surface area (Å²) >= 11 is 7.87. The molecule has 5 nitrogen and oxygen atoms in total. The summed E-state index contributed by atoms with van der Waals surface area (Å²) in [7, 11) is 0. The predicted molar refractivity (Wildman–Crippen MR) is 137 cm³/mol. The highest BCUT2D eigenvalue weighted by Crippen LogP contribution is 2.34. The SMILES string of the molecule is CCCN(CC(=O)N1CCc2sccc2[C@H]1COc1ccc(Cl)c(C)c1)C(=O)c1ccccc1. The van der Waals surface area contributed by atoms with Crippen molar-refractivity contribution in [3.63, 3.8) is 0 Å². The molecule has 2 heterocycles. The van der Waals surface area contributed by atoms with Crippen molar-refractivity contribution in [1.82, 2.24) is 9.80 Å². The minimum absolute atomic E-state index is 0.0532. The van der Waals surface area contributed by atoms with Crippen molar-refractivity contribution in [2.24, 2.45) is 0 Å². The van der Waals surface area contributed by atoms with E-state index in [4.69, 9.17) is 16.3 Å². The summed E-state index contributed by atoms with van der Waals surface area (Å²) in [5, 5.41) is 2.77. The molecule has 0 fully saturated rings. The molecule has 34 heavy (non-hydrogen) atoms. The second-order valence-corrected chi connectivity index (χ2v) is 9.87. The zero-order valence-electron chi connectivity index (χ0n) is 19.5. The van der Waals surface area contributed by atoms with Crippen LogP contribution in [0.2, 0.25) is 5.02 Å². The molecule has 2 aromatic carbocycles. The van der Waals surface area contributed by atoms with Crippen molar-refractivity contribution < 1.29 is 14.3 Å². The highest BCUT2D eigenvalue weighted by Gasteiger charge is 2.33. The van der Waals surface area contributed by atoms with E-state index in [1.54, 1.807) is 28.4 Å². The lowest BCUT2D eigenvalue weighted by Gasteiger charge is -2.37. The fourth-order valence-electron chi connectivity index (χ4n) is 4.30. The first-order valence-electron chi connectivity index (χ1n) is 11.6. The summed E-state index contributed by atoms with van der Waals surface area (Å²) < 4.78 is 6.13. The van der Waals surface area contributed by atoms with Gasteiger partial charge in [0, 0.05) is 28.6 Å². The quantitative estimate of drug-likeness (QED) is 0.398. The van der Waals surface area contributed by atoms with Crippen LogP contribution in [0.25, 0.3) is 0 Å². The second kappa shape index (κ2) is 11.1. The molecule has 0 bridgehead atoms. The van der Waals surface area contributed by atoms with Gasteiger partial charge in [0.05, 0.1) is 6.04 Å². The molecule has 178 valence electrons. The Labute approximate surface area is 209 Å². The molecule has 0 aliphatic carbocycles. The average molecular weight is 497 g/mol. The topological polar surface area (TPSA) is 49.9 Å².